The maximum Gasteiger partial charge on any atom is 0.0512 e. The van der Waals surface area contributed by atoms with Gasteiger partial charge in [0.1, 0.15) is 0 Å². The second kappa shape index (κ2) is 5.01. The van der Waals surface area contributed by atoms with E-state index in [4.69, 9.17) is 0 Å². The van der Waals surface area contributed by atoms with Crippen molar-refractivity contribution in [2.24, 2.45) is 13.0 Å². The van der Waals surface area contributed by atoms with E-state index in [0.717, 1.165) is 5.92 Å². The first-order valence-electron chi connectivity index (χ1n) is 7.42. The number of benzene rings is 1. The Morgan fingerprint density at radius 1 is 1.32 bits per heavy atom. The number of para-hydroxylation sites is 1. The molecule has 2 nitrogen and oxygen atoms in total. The van der Waals surface area contributed by atoms with Crippen LogP contribution in [0.5, 0.6) is 0 Å². The van der Waals surface area contributed by atoms with Crippen molar-refractivity contribution in [2.75, 3.05) is 13.1 Å². The van der Waals surface area contributed by atoms with Gasteiger partial charge >= 0.3 is 0 Å². The zero-order valence-electron chi connectivity index (χ0n) is 12.3. The fourth-order valence-corrected chi connectivity index (χ4v) is 3.56. The van der Waals surface area contributed by atoms with Crippen molar-refractivity contribution >= 4 is 10.9 Å². The highest BCUT2D eigenvalue weighted by atomic mass is 14.9. The van der Waals surface area contributed by atoms with E-state index >= 15 is 0 Å². The van der Waals surface area contributed by atoms with Crippen LogP contribution in [-0.2, 0) is 13.5 Å². The number of nitrogens with one attached hydrogen (secondary N) is 1. The first kappa shape index (κ1) is 12.7. The van der Waals surface area contributed by atoms with E-state index < -0.39 is 0 Å². The Bertz CT molecular complexity index is 589. The smallest absolute Gasteiger partial charge is 0.0512 e. The van der Waals surface area contributed by atoms with Crippen molar-refractivity contribution in [3.8, 4) is 0 Å². The molecule has 1 aliphatic heterocycles. The van der Waals surface area contributed by atoms with Crippen LogP contribution in [0.4, 0.5) is 0 Å². The third-order valence-electron chi connectivity index (χ3n) is 4.73. The molecule has 0 saturated carbocycles. The molecule has 2 heterocycles. The van der Waals surface area contributed by atoms with Crippen molar-refractivity contribution in [1.82, 2.24) is 9.88 Å². The maximum atomic E-state index is 3.53. The molecule has 1 atom stereocenters. The summed E-state index contributed by atoms with van der Waals surface area (Å²) in [4.78, 5) is 0. The Balaban J connectivity index is 2.03. The minimum Gasteiger partial charge on any atom is -0.347 e. The Morgan fingerprint density at radius 3 is 2.89 bits per heavy atom. The van der Waals surface area contributed by atoms with Crippen molar-refractivity contribution < 1.29 is 0 Å². The molecule has 102 valence electrons. The van der Waals surface area contributed by atoms with Crippen LogP contribution in [0.2, 0.25) is 0 Å². The standard InChI is InChI=1S/C17H24N2/c1-12-6-4-8-15-16(13(2)19(3)17(12)15)10-14-7-5-9-18-11-14/h4,6,8,14,18H,5,7,9-11H2,1-3H3. The SMILES string of the molecule is Cc1cccc2c(CC3CCCNC3)c(C)n(C)c12. The summed E-state index contributed by atoms with van der Waals surface area (Å²) in [6.45, 7) is 6.87. The van der Waals surface area contributed by atoms with Crippen LogP contribution in [0.25, 0.3) is 10.9 Å². The molecular weight excluding hydrogens is 232 g/mol. The lowest BCUT2D eigenvalue weighted by Crippen LogP contribution is -2.30. The Morgan fingerprint density at radius 2 is 2.16 bits per heavy atom. The van der Waals surface area contributed by atoms with Gasteiger partial charge in [0.2, 0.25) is 0 Å². The second-order valence-electron chi connectivity index (χ2n) is 6.01. The molecule has 1 N–H and O–H groups in total. The predicted molar refractivity (Wildman–Crippen MR) is 81.7 cm³/mol. The number of aromatic nitrogens is 1. The molecule has 0 aliphatic carbocycles. The van der Waals surface area contributed by atoms with Gasteiger partial charge in [-0.05, 0) is 63.2 Å². The number of rotatable bonds is 2. The van der Waals surface area contributed by atoms with E-state index in [1.54, 1.807) is 5.56 Å². The fraction of sp³-hybridized carbons (Fsp3) is 0.529. The molecular formula is C17H24N2. The lowest BCUT2D eigenvalue weighted by Gasteiger charge is -2.22. The number of hydrogen-bond donors (Lipinski definition) is 1. The number of hydrogen-bond acceptors (Lipinski definition) is 1. The van der Waals surface area contributed by atoms with Crippen LogP contribution in [-0.4, -0.2) is 17.7 Å². The molecule has 0 bridgehead atoms. The molecule has 0 amide bonds. The van der Waals surface area contributed by atoms with Gasteiger partial charge in [0, 0.05) is 18.1 Å². The third-order valence-corrected chi connectivity index (χ3v) is 4.73. The van der Waals surface area contributed by atoms with E-state index in [1.807, 2.05) is 0 Å². The lowest BCUT2D eigenvalue weighted by atomic mass is 9.91. The Hall–Kier alpha value is -1.28. The summed E-state index contributed by atoms with van der Waals surface area (Å²) in [5, 5.41) is 5.00. The molecule has 1 aromatic carbocycles. The first-order chi connectivity index (χ1) is 9.18. The van der Waals surface area contributed by atoms with Crippen molar-refractivity contribution in [2.45, 2.75) is 33.1 Å². The highest BCUT2D eigenvalue weighted by Gasteiger charge is 2.19. The summed E-state index contributed by atoms with van der Waals surface area (Å²) in [6, 6.07) is 6.70. The lowest BCUT2D eigenvalue weighted by molar-refractivity contribution is 0.376. The minimum absolute atomic E-state index is 0.804. The van der Waals surface area contributed by atoms with E-state index in [0.29, 0.717) is 0 Å². The molecule has 1 saturated heterocycles. The number of fused-ring (bicyclic) bond motifs is 1. The normalized spacial score (nSPS) is 20.1. The van der Waals surface area contributed by atoms with Crippen molar-refractivity contribution in [3.63, 3.8) is 0 Å². The van der Waals surface area contributed by atoms with Gasteiger partial charge in [-0.15, -0.1) is 0 Å². The van der Waals surface area contributed by atoms with E-state index in [9.17, 15) is 0 Å². The highest BCUT2D eigenvalue weighted by molar-refractivity contribution is 5.88. The number of aryl methyl sites for hydroxylation is 2. The predicted octanol–water partition coefficient (Wildman–Crippen LogP) is 3.34. The Labute approximate surface area is 115 Å². The topological polar surface area (TPSA) is 17.0 Å². The molecule has 0 spiro atoms. The number of piperidine rings is 1. The third kappa shape index (κ3) is 2.18. The van der Waals surface area contributed by atoms with Crippen LogP contribution in [0.3, 0.4) is 0 Å². The maximum absolute atomic E-state index is 3.53. The molecule has 1 fully saturated rings. The summed E-state index contributed by atoms with van der Waals surface area (Å²) in [5.74, 6) is 0.804. The van der Waals surface area contributed by atoms with Gasteiger partial charge in [0.05, 0.1) is 5.52 Å². The summed E-state index contributed by atoms with van der Waals surface area (Å²) in [7, 11) is 2.20. The highest BCUT2D eigenvalue weighted by Crippen LogP contribution is 2.30. The first-order valence-corrected chi connectivity index (χ1v) is 7.42. The van der Waals surface area contributed by atoms with E-state index in [1.165, 1.54) is 54.5 Å². The number of nitrogens with zero attached hydrogens (tertiary/aromatic N) is 1. The molecule has 0 radical (unpaired) electrons. The quantitative estimate of drug-likeness (QED) is 0.872. The van der Waals surface area contributed by atoms with Gasteiger partial charge in [-0.25, -0.2) is 0 Å². The van der Waals surface area contributed by atoms with Crippen molar-refractivity contribution in [1.29, 1.82) is 0 Å². The van der Waals surface area contributed by atoms with E-state index in [2.05, 4.69) is 49.0 Å². The summed E-state index contributed by atoms with van der Waals surface area (Å²) in [6.07, 6.45) is 3.92. The summed E-state index contributed by atoms with van der Waals surface area (Å²) >= 11 is 0. The molecule has 3 rings (SSSR count). The average Bonchev–Trinajstić information content (AvgIpc) is 2.66. The minimum atomic E-state index is 0.804. The molecule has 1 unspecified atom stereocenters. The monoisotopic (exact) mass is 256 g/mol. The van der Waals surface area contributed by atoms with Crippen LogP contribution in [0.1, 0.15) is 29.7 Å². The average molecular weight is 256 g/mol. The molecule has 2 aromatic rings. The summed E-state index contributed by atoms with van der Waals surface area (Å²) < 4.78 is 2.37. The van der Waals surface area contributed by atoms with Crippen molar-refractivity contribution in [3.05, 3.63) is 35.0 Å². The van der Waals surface area contributed by atoms with Gasteiger partial charge < -0.3 is 9.88 Å². The van der Waals surface area contributed by atoms with Gasteiger partial charge in [-0.3, -0.25) is 0 Å². The van der Waals surface area contributed by atoms with Crippen LogP contribution >= 0.6 is 0 Å². The van der Waals surface area contributed by atoms with Gasteiger partial charge in [-0.2, -0.15) is 0 Å². The van der Waals surface area contributed by atoms with Gasteiger partial charge in [0.15, 0.2) is 0 Å². The van der Waals surface area contributed by atoms with E-state index in [-0.39, 0.29) is 0 Å². The van der Waals surface area contributed by atoms with Crippen LogP contribution < -0.4 is 5.32 Å². The molecule has 1 aromatic heterocycles. The summed E-state index contributed by atoms with van der Waals surface area (Å²) in [5.41, 5.74) is 5.81. The molecule has 1 aliphatic rings. The van der Waals surface area contributed by atoms with Gasteiger partial charge in [-0.1, -0.05) is 18.2 Å². The van der Waals surface area contributed by atoms with Gasteiger partial charge in [0.25, 0.3) is 0 Å². The second-order valence-corrected chi connectivity index (χ2v) is 6.01. The molecule has 2 heteroatoms. The largest absolute Gasteiger partial charge is 0.347 e. The zero-order valence-corrected chi connectivity index (χ0v) is 12.3. The Kier molecular flexibility index (Phi) is 3.36. The fourth-order valence-electron chi connectivity index (χ4n) is 3.56. The van der Waals surface area contributed by atoms with Crippen LogP contribution in [0, 0.1) is 19.8 Å². The zero-order chi connectivity index (χ0) is 13.4. The molecule has 19 heavy (non-hydrogen) atoms. The van der Waals surface area contributed by atoms with Crippen LogP contribution in [0.15, 0.2) is 18.2 Å².